The van der Waals surface area contributed by atoms with E-state index in [1.165, 1.54) is 48.8 Å². The molecule has 1 N–H and O–H groups in total. The molecule has 26 heavy (non-hydrogen) atoms. The van der Waals surface area contributed by atoms with Crippen molar-refractivity contribution >= 4 is 17.3 Å². The molecular weight excluding hydrogens is 336 g/mol. The number of hydrogen-bond acceptors (Lipinski definition) is 1. The first-order valence-electron chi connectivity index (χ1n) is 10.7. The Hall–Kier alpha value is -1.09. The normalized spacial score (nSPS) is 16.1. The van der Waals surface area contributed by atoms with Crippen molar-refractivity contribution < 1.29 is 0 Å². The van der Waals surface area contributed by atoms with Crippen LogP contribution in [-0.2, 0) is 19.3 Å². The molecule has 146 valence electrons. The molecule has 0 amide bonds. The lowest BCUT2D eigenvalue weighted by Crippen LogP contribution is -2.40. The summed E-state index contributed by atoms with van der Waals surface area (Å²) >= 11 is 5.70. The van der Waals surface area contributed by atoms with Gasteiger partial charge in [-0.3, -0.25) is 0 Å². The average Bonchev–Trinajstić information content (AvgIpc) is 3.06. The highest BCUT2D eigenvalue weighted by Crippen LogP contribution is 2.39. The highest BCUT2D eigenvalue weighted by Gasteiger charge is 2.37. The molecule has 0 unspecified atom stereocenters. The summed E-state index contributed by atoms with van der Waals surface area (Å²) in [6.45, 7) is 12.3. The SMILES string of the molecule is CCCC1(CCC)CCN(C(=S)NCCc2ccc(CC)c(CC)c2)C1. The summed E-state index contributed by atoms with van der Waals surface area (Å²) in [5.74, 6) is 0. The monoisotopic (exact) mass is 374 g/mol. The van der Waals surface area contributed by atoms with Crippen molar-refractivity contribution in [3.05, 3.63) is 34.9 Å². The minimum atomic E-state index is 0.501. The lowest BCUT2D eigenvalue weighted by atomic mass is 9.79. The fraction of sp³-hybridized carbons (Fsp3) is 0.696. The Morgan fingerprint density at radius 1 is 1.08 bits per heavy atom. The minimum Gasteiger partial charge on any atom is -0.362 e. The van der Waals surface area contributed by atoms with Crippen molar-refractivity contribution in [2.45, 2.75) is 79.1 Å². The van der Waals surface area contributed by atoms with E-state index in [1.54, 1.807) is 0 Å². The molecule has 1 aliphatic rings. The second kappa shape index (κ2) is 10.3. The number of hydrogen-bond donors (Lipinski definition) is 1. The highest BCUT2D eigenvalue weighted by molar-refractivity contribution is 7.80. The maximum atomic E-state index is 5.70. The number of benzene rings is 1. The average molecular weight is 375 g/mol. The van der Waals surface area contributed by atoms with E-state index in [4.69, 9.17) is 12.2 Å². The first-order valence-corrected chi connectivity index (χ1v) is 11.1. The first-order chi connectivity index (χ1) is 12.6. The summed E-state index contributed by atoms with van der Waals surface area (Å²) in [6, 6.07) is 6.97. The lowest BCUT2D eigenvalue weighted by molar-refractivity contribution is 0.249. The predicted molar refractivity (Wildman–Crippen MR) is 118 cm³/mol. The fourth-order valence-corrected chi connectivity index (χ4v) is 4.89. The quantitative estimate of drug-likeness (QED) is 0.573. The number of likely N-dealkylation sites (tertiary alicyclic amines) is 1. The maximum Gasteiger partial charge on any atom is 0.168 e. The number of aryl methyl sites for hydroxylation is 2. The summed E-state index contributed by atoms with van der Waals surface area (Å²) in [4.78, 5) is 2.41. The van der Waals surface area contributed by atoms with E-state index in [2.05, 4.69) is 56.1 Å². The lowest BCUT2D eigenvalue weighted by Gasteiger charge is -2.29. The number of thiocarbonyl (C=S) groups is 1. The van der Waals surface area contributed by atoms with Crippen molar-refractivity contribution in [3.63, 3.8) is 0 Å². The second-order valence-corrected chi connectivity index (χ2v) is 8.35. The van der Waals surface area contributed by atoms with Crippen LogP contribution in [0.25, 0.3) is 0 Å². The van der Waals surface area contributed by atoms with E-state index in [9.17, 15) is 0 Å². The van der Waals surface area contributed by atoms with Gasteiger partial charge in [0.25, 0.3) is 0 Å². The van der Waals surface area contributed by atoms with Gasteiger partial charge in [0.05, 0.1) is 0 Å². The van der Waals surface area contributed by atoms with Gasteiger partial charge in [-0.05, 0) is 72.8 Å². The van der Waals surface area contributed by atoms with Crippen molar-refractivity contribution in [3.8, 4) is 0 Å². The number of nitrogens with one attached hydrogen (secondary N) is 1. The molecule has 1 aromatic carbocycles. The molecule has 1 aromatic rings. The molecule has 1 saturated heterocycles. The van der Waals surface area contributed by atoms with Crippen molar-refractivity contribution in [1.29, 1.82) is 0 Å². The third-order valence-corrected chi connectivity index (χ3v) is 6.41. The topological polar surface area (TPSA) is 15.3 Å². The van der Waals surface area contributed by atoms with Gasteiger partial charge < -0.3 is 10.2 Å². The summed E-state index contributed by atoms with van der Waals surface area (Å²) in [7, 11) is 0. The van der Waals surface area contributed by atoms with Crippen LogP contribution in [0.5, 0.6) is 0 Å². The fourth-order valence-electron chi connectivity index (χ4n) is 4.64. The minimum absolute atomic E-state index is 0.501. The van der Waals surface area contributed by atoms with E-state index in [0.717, 1.165) is 44.0 Å². The number of nitrogens with zero attached hydrogens (tertiary/aromatic N) is 1. The van der Waals surface area contributed by atoms with Gasteiger partial charge in [0, 0.05) is 19.6 Å². The van der Waals surface area contributed by atoms with Gasteiger partial charge in [0.2, 0.25) is 0 Å². The smallest absolute Gasteiger partial charge is 0.168 e. The van der Waals surface area contributed by atoms with Gasteiger partial charge >= 0.3 is 0 Å². The van der Waals surface area contributed by atoms with Crippen LogP contribution in [0.4, 0.5) is 0 Å². The van der Waals surface area contributed by atoms with Crippen LogP contribution in [0.3, 0.4) is 0 Å². The molecule has 0 bridgehead atoms. The number of rotatable bonds is 9. The van der Waals surface area contributed by atoms with Gasteiger partial charge in [-0.2, -0.15) is 0 Å². The Bertz CT molecular complexity index is 576. The van der Waals surface area contributed by atoms with Gasteiger partial charge in [0.1, 0.15) is 0 Å². The van der Waals surface area contributed by atoms with Crippen LogP contribution < -0.4 is 5.32 Å². The molecular formula is C23H38N2S. The highest BCUT2D eigenvalue weighted by atomic mass is 32.1. The van der Waals surface area contributed by atoms with Crippen LogP contribution in [0.2, 0.25) is 0 Å². The molecule has 1 aliphatic heterocycles. The van der Waals surface area contributed by atoms with Crippen LogP contribution in [-0.4, -0.2) is 29.6 Å². The summed E-state index contributed by atoms with van der Waals surface area (Å²) in [5, 5.41) is 4.48. The molecule has 1 heterocycles. The van der Waals surface area contributed by atoms with Crippen molar-refractivity contribution in [1.82, 2.24) is 10.2 Å². The standard InChI is InChI=1S/C23H38N2S/c1-5-12-23(13-6-2)14-16-25(18-23)22(26)24-15-11-19-9-10-20(7-3)21(8-4)17-19/h9-10,17H,5-8,11-16,18H2,1-4H3,(H,24,26). The van der Waals surface area contributed by atoms with E-state index in [-0.39, 0.29) is 0 Å². The largest absolute Gasteiger partial charge is 0.362 e. The third kappa shape index (κ3) is 5.45. The summed E-state index contributed by atoms with van der Waals surface area (Å²) < 4.78 is 0. The van der Waals surface area contributed by atoms with Gasteiger partial charge in [-0.15, -0.1) is 0 Å². The van der Waals surface area contributed by atoms with Gasteiger partial charge in [-0.25, -0.2) is 0 Å². The predicted octanol–water partition coefficient (Wildman–Crippen LogP) is 5.52. The van der Waals surface area contributed by atoms with E-state index < -0.39 is 0 Å². The molecule has 2 rings (SSSR count). The molecule has 0 aliphatic carbocycles. The molecule has 0 aromatic heterocycles. The third-order valence-electron chi connectivity index (χ3n) is 6.01. The van der Waals surface area contributed by atoms with Crippen LogP contribution in [0.1, 0.15) is 76.5 Å². The second-order valence-electron chi connectivity index (χ2n) is 7.96. The zero-order chi connectivity index (χ0) is 19.0. The maximum absolute atomic E-state index is 5.70. The van der Waals surface area contributed by atoms with Gasteiger partial charge in [0.15, 0.2) is 5.11 Å². The molecule has 0 radical (unpaired) electrons. The molecule has 2 nitrogen and oxygen atoms in total. The Labute approximate surface area is 166 Å². The molecule has 0 saturated carbocycles. The molecule has 3 heteroatoms. The molecule has 1 fully saturated rings. The first kappa shape index (κ1) is 21.2. The Balaban J connectivity index is 1.84. The van der Waals surface area contributed by atoms with E-state index in [0.29, 0.717) is 5.41 Å². The zero-order valence-electron chi connectivity index (χ0n) is 17.4. The van der Waals surface area contributed by atoms with Crippen LogP contribution in [0.15, 0.2) is 18.2 Å². The van der Waals surface area contributed by atoms with Crippen molar-refractivity contribution in [2.24, 2.45) is 5.41 Å². The summed E-state index contributed by atoms with van der Waals surface area (Å²) in [6.07, 6.45) is 9.82. The zero-order valence-corrected chi connectivity index (χ0v) is 18.2. The van der Waals surface area contributed by atoms with Crippen molar-refractivity contribution in [2.75, 3.05) is 19.6 Å². The van der Waals surface area contributed by atoms with E-state index >= 15 is 0 Å². The Morgan fingerprint density at radius 3 is 2.38 bits per heavy atom. The van der Waals surface area contributed by atoms with Gasteiger partial charge in [-0.1, -0.05) is 58.7 Å². The van der Waals surface area contributed by atoms with Crippen LogP contribution >= 0.6 is 12.2 Å². The Morgan fingerprint density at radius 2 is 1.77 bits per heavy atom. The van der Waals surface area contributed by atoms with E-state index in [1.807, 2.05) is 0 Å². The summed E-state index contributed by atoms with van der Waals surface area (Å²) in [5.41, 5.74) is 4.90. The molecule has 0 atom stereocenters. The molecule has 0 spiro atoms. The Kier molecular flexibility index (Phi) is 8.40. The van der Waals surface area contributed by atoms with Crippen LogP contribution in [0, 0.1) is 5.41 Å².